The molecule has 0 aliphatic heterocycles. The van der Waals surface area contributed by atoms with E-state index >= 15 is 0 Å². The minimum absolute atomic E-state index is 0.172. The summed E-state index contributed by atoms with van der Waals surface area (Å²) < 4.78 is 0. The van der Waals surface area contributed by atoms with E-state index in [0.717, 1.165) is 18.5 Å². The SMILES string of the molecule is CC(=O)NC(C)C(=O)Nc1cccc2c1CCCC2. The number of rotatable bonds is 3. The summed E-state index contributed by atoms with van der Waals surface area (Å²) in [5.74, 6) is -0.369. The van der Waals surface area contributed by atoms with Crippen LogP contribution >= 0.6 is 0 Å². The summed E-state index contributed by atoms with van der Waals surface area (Å²) in [4.78, 5) is 23.0. The van der Waals surface area contributed by atoms with E-state index < -0.39 is 6.04 Å². The Kier molecular flexibility index (Phi) is 4.20. The second-order valence-corrected chi connectivity index (χ2v) is 5.06. The van der Waals surface area contributed by atoms with Crippen LogP contribution in [0.25, 0.3) is 0 Å². The van der Waals surface area contributed by atoms with Crippen LogP contribution in [0.5, 0.6) is 0 Å². The van der Waals surface area contributed by atoms with Crippen LogP contribution in [0.4, 0.5) is 5.69 Å². The van der Waals surface area contributed by atoms with Gasteiger partial charge in [0, 0.05) is 12.6 Å². The summed E-state index contributed by atoms with van der Waals surface area (Å²) >= 11 is 0. The molecular weight excluding hydrogens is 240 g/mol. The Bertz CT molecular complexity index is 497. The van der Waals surface area contributed by atoms with Crippen molar-refractivity contribution in [1.29, 1.82) is 0 Å². The second kappa shape index (κ2) is 5.87. The van der Waals surface area contributed by atoms with Crippen LogP contribution in [-0.4, -0.2) is 17.9 Å². The van der Waals surface area contributed by atoms with Crippen molar-refractivity contribution in [2.75, 3.05) is 5.32 Å². The van der Waals surface area contributed by atoms with Crippen molar-refractivity contribution < 1.29 is 9.59 Å². The normalized spacial score (nSPS) is 15.3. The molecule has 4 nitrogen and oxygen atoms in total. The van der Waals surface area contributed by atoms with Gasteiger partial charge in [0.05, 0.1) is 0 Å². The van der Waals surface area contributed by atoms with E-state index in [2.05, 4.69) is 16.7 Å². The molecule has 0 saturated carbocycles. The van der Waals surface area contributed by atoms with E-state index in [1.165, 1.54) is 30.9 Å². The molecule has 102 valence electrons. The lowest BCUT2D eigenvalue weighted by atomic mass is 9.90. The van der Waals surface area contributed by atoms with E-state index in [0.29, 0.717) is 0 Å². The number of hydrogen-bond donors (Lipinski definition) is 2. The number of nitrogens with one attached hydrogen (secondary N) is 2. The number of anilines is 1. The molecule has 0 heterocycles. The van der Waals surface area contributed by atoms with Gasteiger partial charge >= 0.3 is 0 Å². The summed E-state index contributed by atoms with van der Waals surface area (Å²) in [6.07, 6.45) is 4.48. The minimum Gasteiger partial charge on any atom is -0.345 e. The largest absolute Gasteiger partial charge is 0.345 e. The molecule has 1 aliphatic carbocycles. The summed E-state index contributed by atoms with van der Waals surface area (Å²) in [6, 6.07) is 5.52. The van der Waals surface area contributed by atoms with Crippen molar-refractivity contribution in [2.24, 2.45) is 0 Å². The summed E-state index contributed by atoms with van der Waals surface area (Å²) in [7, 11) is 0. The Labute approximate surface area is 113 Å². The van der Waals surface area contributed by atoms with Crippen LogP contribution in [0, 0.1) is 0 Å². The first-order chi connectivity index (χ1) is 9.08. The molecule has 1 aromatic carbocycles. The zero-order valence-electron chi connectivity index (χ0n) is 11.5. The molecule has 1 atom stereocenters. The van der Waals surface area contributed by atoms with E-state index in [1.54, 1.807) is 6.92 Å². The molecule has 1 aliphatic rings. The number of carbonyl (C=O) groups is 2. The molecule has 19 heavy (non-hydrogen) atoms. The zero-order valence-corrected chi connectivity index (χ0v) is 11.5. The van der Waals surface area contributed by atoms with Gasteiger partial charge in [0.15, 0.2) is 0 Å². The number of hydrogen-bond acceptors (Lipinski definition) is 2. The van der Waals surface area contributed by atoms with Crippen LogP contribution in [0.3, 0.4) is 0 Å². The van der Waals surface area contributed by atoms with Crippen molar-refractivity contribution in [1.82, 2.24) is 5.32 Å². The highest BCUT2D eigenvalue weighted by Crippen LogP contribution is 2.27. The fourth-order valence-electron chi connectivity index (χ4n) is 2.51. The maximum atomic E-state index is 12.0. The van der Waals surface area contributed by atoms with Crippen molar-refractivity contribution in [3.05, 3.63) is 29.3 Å². The highest BCUT2D eigenvalue weighted by Gasteiger charge is 2.17. The van der Waals surface area contributed by atoms with E-state index in [-0.39, 0.29) is 11.8 Å². The highest BCUT2D eigenvalue weighted by atomic mass is 16.2. The third-order valence-corrected chi connectivity index (χ3v) is 3.47. The van der Waals surface area contributed by atoms with Gasteiger partial charge in [0.25, 0.3) is 0 Å². The van der Waals surface area contributed by atoms with Gasteiger partial charge in [0.1, 0.15) is 6.04 Å². The average Bonchev–Trinajstić information content (AvgIpc) is 2.38. The number of fused-ring (bicyclic) bond motifs is 1. The molecule has 4 heteroatoms. The lowest BCUT2D eigenvalue weighted by Crippen LogP contribution is -2.40. The van der Waals surface area contributed by atoms with Crippen LogP contribution in [0.15, 0.2) is 18.2 Å². The first-order valence-corrected chi connectivity index (χ1v) is 6.76. The van der Waals surface area contributed by atoms with Crippen molar-refractivity contribution in [3.8, 4) is 0 Å². The number of carbonyl (C=O) groups excluding carboxylic acids is 2. The summed E-state index contributed by atoms with van der Waals surface area (Å²) in [6.45, 7) is 3.10. The molecule has 2 amide bonds. The Hall–Kier alpha value is -1.84. The fraction of sp³-hybridized carbons (Fsp3) is 0.467. The van der Waals surface area contributed by atoms with E-state index in [4.69, 9.17) is 0 Å². The van der Waals surface area contributed by atoms with Crippen molar-refractivity contribution >= 4 is 17.5 Å². The maximum Gasteiger partial charge on any atom is 0.246 e. The van der Waals surface area contributed by atoms with Gasteiger partial charge in [0.2, 0.25) is 11.8 Å². The molecule has 0 aromatic heterocycles. The van der Waals surface area contributed by atoms with Crippen LogP contribution in [0.1, 0.15) is 37.8 Å². The van der Waals surface area contributed by atoms with Gasteiger partial charge in [-0.15, -0.1) is 0 Å². The van der Waals surface area contributed by atoms with Crippen LogP contribution < -0.4 is 10.6 Å². The predicted octanol–water partition coefficient (Wildman–Crippen LogP) is 2.03. The van der Waals surface area contributed by atoms with Gasteiger partial charge in [-0.1, -0.05) is 12.1 Å². The zero-order chi connectivity index (χ0) is 13.8. The predicted molar refractivity (Wildman–Crippen MR) is 75.0 cm³/mol. The van der Waals surface area contributed by atoms with Gasteiger partial charge in [-0.3, -0.25) is 9.59 Å². The van der Waals surface area contributed by atoms with Gasteiger partial charge < -0.3 is 10.6 Å². The Balaban J connectivity index is 2.11. The van der Waals surface area contributed by atoms with Crippen molar-refractivity contribution in [3.63, 3.8) is 0 Å². The lowest BCUT2D eigenvalue weighted by Gasteiger charge is -2.21. The molecule has 1 aromatic rings. The molecule has 1 unspecified atom stereocenters. The lowest BCUT2D eigenvalue weighted by molar-refractivity contribution is -0.124. The monoisotopic (exact) mass is 260 g/mol. The smallest absolute Gasteiger partial charge is 0.246 e. The highest BCUT2D eigenvalue weighted by molar-refractivity contribution is 5.97. The first kappa shape index (κ1) is 13.6. The summed E-state index contributed by atoms with van der Waals surface area (Å²) in [5, 5.41) is 5.51. The van der Waals surface area contributed by atoms with E-state index in [1.807, 2.05) is 12.1 Å². The molecule has 2 N–H and O–H groups in total. The average molecular weight is 260 g/mol. The standard InChI is InChI=1S/C15H20N2O2/c1-10(16-11(2)18)15(19)17-14-9-5-7-12-6-3-4-8-13(12)14/h5,7,9-10H,3-4,6,8H2,1-2H3,(H,16,18)(H,17,19). The van der Waals surface area contributed by atoms with Crippen LogP contribution in [0.2, 0.25) is 0 Å². The maximum absolute atomic E-state index is 12.0. The molecular formula is C15H20N2O2. The van der Waals surface area contributed by atoms with Gasteiger partial charge in [-0.05, 0) is 49.8 Å². The first-order valence-electron chi connectivity index (χ1n) is 6.76. The molecule has 2 rings (SSSR count). The number of benzene rings is 1. The molecule has 0 radical (unpaired) electrons. The fourth-order valence-corrected chi connectivity index (χ4v) is 2.51. The Morgan fingerprint density at radius 1 is 1.21 bits per heavy atom. The topological polar surface area (TPSA) is 58.2 Å². The second-order valence-electron chi connectivity index (χ2n) is 5.06. The molecule has 0 spiro atoms. The quantitative estimate of drug-likeness (QED) is 0.873. The Morgan fingerprint density at radius 2 is 1.95 bits per heavy atom. The van der Waals surface area contributed by atoms with Gasteiger partial charge in [-0.2, -0.15) is 0 Å². The minimum atomic E-state index is -0.517. The summed E-state index contributed by atoms with van der Waals surface area (Å²) in [5.41, 5.74) is 3.47. The number of aryl methyl sites for hydroxylation is 1. The third-order valence-electron chi connectivity index (χ3n) is 3.47. The van der Waals surface area contributed by atoms with Crippen LogP contribution in [-0.2, 0) is 22.4 Å². The Morgan fingerprint density at radius 3 is 2.68 bits per heavy atom. The van der Waals surface area contributed by atoms with Crippen molar-refractivity contribution in [2.45, 2.75) is 45.6 Å². The molecule has 0 fully saturated rings. The van der Waals surface area contributed by atoms with Gasteiger partial charge in [-0.25, -0.2) is 0 Å². The molecule has 0 bridgehead atoms. The molecule has 0 saturated heterocycles. The third kappa shape index (κ3) is 3.34. The van der Waals surface area contributed by atoms with E-state index in [9.17, 15) is 9.59 Å². The number of amides is 2.